The summed E-state index contributed by atoms with van der Waals surface area (Å²) >= 11 is 0. The molecule has 0 spiro atoms. The third-order valence-electron chi connectivity index (χ3n) is 3.85. The number of benzene rings is 2. The lowest BCUT2D eigenvalue weighted by atomic mass is 10.1. The Labute approximate surface area is 177 Å². The summed E-state index contributed by atoms with van der Waals surface area (Å²) < 4.78 is 37.6. The van der Waals surface area contributed by atoms with E-state index in [9.17, 15) is 23.3 Å². The lowest BCUT2D eigenvalue weighted by molar-refractivity contribution is -0.385. The molecule has 0 amide bonds. The first-order valence-corrected chi connectivity index (χ1v) is 8.14. The first kappa shape index (κ1) is 23.7. The van der Waals surface area contributed by atoms with Gasteiger partial charge in [0.15, 0.2) is 5.96 Å². The average molecular weight is 508 g/mol. The van der Waals surface area contributed by atoms with E-state index in [1.807, 2.05) is 0 Å². The highest BCUT2D eigenvalue weighted by molar-refractivity contribution is 14.0. The van der Waals surface area contributed by atoms with Gasteiger partial charge in [-0.15, -0.1) is 24.0 Å². The topological polar surface area (TPSA) is 79.6 Å². The molecule has 28 heavy (non-hydrogen) atoms. The van der Waals surface area contributed by atoms with Gasteiger partial charge in [-0.3, -0.25) is 15.1 Å². The Morgan fingerprint density at radius 1 is 1.11 bits per heavy atom. The van der Waals surface area contributed by atoms with Crippen LogP contribution in [0.1, 0.15) is 16.7 Å². The second-order valence-corrected chi connectivity index (χ2v) is 5.68. The van der Waals surface area contributed by atoms with Crippen molar-refractivity contribution in [3.05, 3.63) is 75.3 Å². The summed E-state index contributed by atoms with van der Waals surface area (Å²) in [6.07, 6.45) is -3.84. The van der Waals surface area contributed by atoms with Gasteiger partial charge in [-0.2, -0.15) is 13.2 Å². The number of nitro groups is 1. The number of rotatable bonds is 6. The monoisotopic (exact) mass is 508 g/mol. The molecule has 0 saturated heterocycles. The van der Waals surface area contributed by atoms with Crippen LogP contribution in [0.4, 0.5) is 18.9 Å². The lowest BCUT2D eigenvalue weighted by Crippen LogP contribution is -2.38. The van der Waals surface area contributed by atoms with E-state index in [4.69, 9.17) is 0 Å². The molecule has 6 nitrogen and oxygen atoms in total. The normalized spacial score (nSPS) is 11.5. The molecule has 0 radical (unpaired) electrons. The van der Waals surface area contributed by atoms with Gasteiger partial charge in [0.1, 0.15) is 0 Å². The number of nitrogens with zero attached hydrogens (tertiary/aromatic N) is 2. The van der Waals surface area contributed by atoms with Crippen LogP contribution in [0.25, 0.3) is 0 Å². The Morgan fingerprint density at radius 2 is 1.75 bits per heavy atom. The Balaban J connectivity index is 0.00000392. The molecule has 0 aliphatic carbocycles. The van der Waals surface area contributed by atoms with Gasteiger partial charge in [-0.1, -0.05) is 30.3 Å². The molecule has 2 aromatic rings. The number of hydrogen-bond donors (Lipinski definition) is 2. The fourth-order valence-corrected chi connectivity index (χ4v) is 2.42. The van der Waals surface area contributed by atoms with Gasteiger partial charge >= 0.3 is 6.18 Å². The van der Waals surface area contributed by atoms with Crippen molar-refractivity contribution in [3.63, 3.8) is 0 Å². The van der Waals surface area contributed by atoms with Gasteiger partial charge in [0.25, 0.3) is 5.69 Å². The van der Waals surface area contributed by atoms with Crippen LogP contribution in [0.3, 0.4) is 0 Å². The summed E-state index contributed by atoms with van der Waals surface area (Å²) in [5, 5.41) is 17.0. The predicted octanol–water partition coefficient (Wildman–Crippen LogP) is 4.14. The lowest BCUT2D eigenvalue weighted by Gasteiger charge is -2.12. The van der Waals surface area contributed by atoms with E-state index in [1.54, 1.807) is 25.2 Å². The summed E-state index contributed by atoms with van der Waals surface area (Å²) in [5.41, 5.74) is 0.615. The van der Waals surface area contributed by atoms with Gasteiger partial charge in [0.05, 0.1) is 10.5 Å². The summed E-state index contributed by atoms with van der Waals surface area (Å²) in [6, 6.07) is 11.4. The SMILES string of the molecule is CN=C(NCCc1ccc(C(F)(F)F)cc1)NCc1ccccc1[N+](=O)[O-].I. The maximum absolute atomic E-state index is 12.5. The molecular formula is C18H20F3IN4O2. The first-order chi connectivity index (χ1) is 12.8. The number of guanidine groups is 1. The van der Waals surface area contributed by atoms with E-state index in [2.05, 4.69) is 15.6 Å². The van der Waals surface area contributed by atoms with Gasteiger partial charge < -0.3 is 10.6 Å². The van der Waals surface area contributed by atoms with E-state index in [0.29, 0.717) is 24.5 Å². The fraction of sp³-hybridized carbons (Fsp3) is 0.278. The Kier molecular flexibility index (Phi) is 9.16. The summed E-state index contributed by atoms with van der Waals surface area (Å²) in [7, 11) is 1.56. The second-order valence-electron chi connectivity index (χ2n) is 5.68. The smallest absolute Gasteiger partial charge is 0.356 e. The molecule has 0 fully saturated rings. The molecular weight excluding hydrogens is 488 g/mol. The van der Waals surface area contributed by atoms with Gasteiger partial charge in [0.2, 0.25) is 0 Å². The number of aliphatic imine (C=N–C) groups is 1. The highest BCUT2D eigenvalue weighted by Crippen LogP contribution is 2.29. The van der Waals surface area contributed by atoms with Crippen molar-refractivity contribution in [3.8, 4) is 0 Å². The summed E-state index contributed by atoms with van der Waals surface area (Å²) in [5.74, 6) is 0.445. The fourth-order valence-electron chi connectivity index (χ4n) is 2.42. The third kappa shape index (κ3) is 6.98. The molecule has 0 aliphatic rings. The first-order valence-electron chi connectivity index (χ1n) is 8.14. The maximum Gasteiger partial charge on any atom is 0.416 e. The molecule has 2 aromatic carbocycles. The highest BCUT2D eigenvalue weighted by atomic mass is 127. The number of nitrogens with one attached hydrogen (secondary N) is 2. The average Bonchev–Trinajstić information content (AvgIpc) is 2.64. The molecule has 0 heterocycles. The number of nitro benzene ring substituents is 1. The zero-order valence-corrected chi connectivity index (χ0v) is 17.3. The second kappa shape index (κ2) is 10.8. The minimum atomic E-state index is -4.34. The largest absolute Gasteiger partial charge is 0.416 e. The van der Waals surface area contributed by atoms with E-state index in [0.717, 1.165) is 17.7 Å². The van der Waals surface area contributed by atoms with E-state index in [-0.39, 0.29) is 36.2 Å². The van der Waals surface area contributed by atoms with Crippen LogP contribution in [0, 0.1) is 10.1 Å². The Bertz CT molecular complexity index is 811. The molecule has 2 rings (SSSR count). The molecule has 0 atom stereocenters. The quantitative estimate of drug-likeness (QED) is 0.202. The molecule has 0 bridgehead atoms. The van der Waals surface area contributed by atoms with Gasteiger partial charge in [-0.25, -0.2) is 0 Å². The summed E-state index contributed by atoms with van der Waals surface area (Å²) in [4.78, 5) is 14.6. The van der Waals surface area contributed by atoms with Crippen LogP contribution in [0.2, 0.25) is 0 Å². The standard InChI is InChI=1S/C18H19F3N4O2.HI/c1-22-17(24-12-14-4-2-3-5-16(14)25(26)27)23-11-10-13-6-8-15(9-7-13)18(19,20)21;/h2-9H,10-12H2,1H3,(H2,22,23,24);1H. The number of halogens is 4. The van der Waals surface area contributed by atoms with Crippen molar-refractivity contribution in [1.82, 2.24) is 10.6 Å². The molecule has 0 saturated carbocycles. The minimum Gasteiger partial charge on any atom is -0.356 e. The maximum atomic E-state index is 12.5. The van der Waals surface area contributed by atoms with Crippen LogP contribution in [-0.4, -0.2) is 24.5 Å². The van der Waals surface area contributed by atoms with Crippen molar-refractivity contribution >= 4 is 35.6 Å². The van der Waals surface area contributed by atoms with E-state index in [1.165, 1.54) is 18.2 Å². The Morgan fingerprint density at radius 3 is 2.32 bits per heavy atom. The predicted molar refractivity (Wildman–Crippen MR) is 112 cm³/mol. The van der Waals surface area contributed by atoms with E-state index >= 15 is 0 Å². The number of para-hydroxylation sites is 1. The number of hydrogen-bond acceptors (Lipinski definition) is 3. The van der Waals surface area contributed by atoms with E-state index < -0.39 is 16.7 Å². The van der Waals surface area contributed by atoms with Crippen LogP contribution in [-0.2, 0) is 19.1 Å². The van der Waals surface area contributed by atoms with Crippen molar-refractivity contribution in [2.24, 2.45) is 4.99 Å². The van der Waals surface area contributed by atoms with Gasteiger partial charge in [-0.05, 0) is 24.1 Å². The minimum absolute atomic E-state index is 0. The molecule has 0 unspecified atom stereocenters. The van der Waals surface area contributed by atoms with Crippen molar-refractivity contribution in [2.75, 3.05) is 13.6 Å². The van der Waals surface area contributed by atoms with Crippen LogP contribution < -0.4 is 10.6 Å². The van der Waals surface area contributed by atoms with Crippen LogP contribution in [0.15, 0.2) is 53.5 Å². The van der Waals surface area contributed by atoms with Crippen molar-refractivity contribution in [1.29, 1.82) is 0 Å². The van der Waals surface area contributed by atoms with Gasteiger partial charge in [0, 0.05) is 31.8 Å². The molecule has 2 N–H and O–H groups in total. The van der Waals surface area contributed by atoms with Crippen molar-refractivity contribution in [2.45, 2.75) is 19.1 Å². The Hall–Kier alpha value is -2.37. The van der Waals surface area contributed by atoms with Crippen LogP contribution in [0.5, 0.6) is 0 Å². The van der Waals surface area contributed by atoms with Crippen molar-refractivity contribution < 1.29 is 18.1 Å². The van der Waals surface area contributed by atoms with Crippen LogP contribution >= 0.6 is 24.0 Å². The molecule has 10 heteroatoms. The molecule has 0 aromatic heterocycles. The highest BCUT2D eigenvalue weighted by Gasteiger charge is 2.29. The zero-order chi connectivity index (χ0) is 19.9. The summed E-state index contributed by atoms with van der Waals surface area (Å²) in [6.45, 7) is 0.666. The third-order valence-corrected chi connectivity index (χ3v) is 3.85. The molecule has 0 aliphatic heterocycles. The molecule has 152 valence electrons. The number of alkyl halides is 3. The zero-order valence-electron chi connectivity index (χ0n) is 15.0.